The van der Waals surface area contributed by atoms with Gasteiger partial charge in [-0.1, -0.05) is 38.1 Å². The minimum absolute atomic E-state index is 0.751. The molecule has 0 aliphatic carbocycles. The van der Waals surface area contributed by atoms with Gasteiger partial charge in [-0.3, -0.25) is 9.80 Å². The first kappa shape index (κ1) is 15.5. The Bertz CT molecular complexity index is 401. The maximum absolute atomic E-state index is 3.27. The highest BCUT2D eigenvalue weighted by Crippen LogP contribution is 2.19. The molecule has 0 aromatic heterocycles. The highest BCUT2D eigenvalue weighted by atomic mass is 15.2. The number of hydrogen-bond acceptors (Lipinski definition) is 3. The number of hydrogen-bond donors (Lipinski definition) is 1. The number of likely N-dealkylation sites (N-methyl/N-ethyl adjacent to an activating group) is 1. The number of benzene rings is 1. The average molecular weight is 275 g/mol. The molecule has 1 heterocycles. The smallest absolute Gasteiger partial charge is 0.0237 e. The molecule has 1 unspecified atom stereocenters. The van der Waals surface area contributed by atoms with E-state index in [9.17, 15) is 0 Å². The molecule has 0 amide bonds. The summed E-state index contributed by atoms with van der Waals surface area (Å²) in [5, 5.41) is 3.27. The van der Waals surface area contributed by atoms with Crippen LogP contribution in [0.1, 0.15) is 31.4 Å². The van der Waals surface area contributed by atoms with Gasteiger partial charge in [0.05, 0.1) is 0 Å². The summed E-state index contributed by atoms with van der Waals surface area (Å²) >= 11 is 0. The highest BCUT2D eigenvalue weighted by Gasteiger charge is 2.26. The molecule has 1 fully saturated rings. The second-order valence-corrected chi connectivity index (χ2v) is 5.70. The third-order valence-electron chi connectivity index (χ3n) is 4.46. The van der Waals surface area contributed by atoms with Crippen molar-refractivity contribution >= 4 is 0 Å². The van der Waals surface area contributed by atoms with Crippen LogP contribution in [0, 0.1) is 0 Å². The molecular weight excluding hydrogens is 246 g/mol. The van der Waals surface area contributed by atoms with Crippen LogP contribution in [0.5, 0.6) is 0 Å². The van der Waals surface area contributed by atoms with Crippen LogP contribution in [-0.4, -0.2) is 49.1 Å². The minimum Gasteiger partial charge on any atom is -0.316 e. The van der Waals surface area contributed by atoms with Crippen molar-refractivity contribution in [3.8, 4) is 0 Å². The van der Waals surface area contributed by atoms with Crippen molar-refractivity contribution < 1.29 is 0 Å². The van der Waals surface area contributed by atoms with Crippen LogP contribution in [0.2, 0.25) is 0 Å². The van der Waals surface area contributed by atoms with Crippen molar-refractivity contribution in [3.63, 3.8) is 0 Å². The first-order valence-corrected chi connectivity index (χ1v) is 7.96. The van der Waals surface area contributed by atoms with Gasteiger partial charge in [0.2, 0.25) is 0 Å². The molecule has 112 valence electrons. The van der Waals surface area contributed by atoms with Crippen LogP contribution in [0.25, 0.3) is 0 Å². The van der Waals surface area contributed by atoms with Crippen molar-refractivity contribution in [2.45, 2.75) is 39.4 Å². The summed E-state index contributed by atoms with van der Waals surface area (Å²) in [4.78, 5) is 5.21. The van der Waals surface area contributed by atoms with Crippen molar-refractivity contribution in [2.24, 2.45) is 0 Å². The first-order valence-electron chi connectivity index (χ1n) is 7.96. The molecule has 1 aliphatic rings. The summed E-state index contributed by atoms with van der Waals surface area (Å²) in [5.74, 6) is 0. The Morgan fingerprint density at radius 3 is 2.55 bits per heavy atom. The van der Waals surface area contributed by atoms with E-state index in [4.69, 9.17) is 0 Å². The maximum Gasteiger partial charge on any atom is 0.0237 e. The molecular formula is C17H29N3. The lowest BCUT2D eigenvalue weighted by molar-refractivity contribution is 0.209. The first-order chi connectivity index (χ1) is 9.78. The lowest BCUT2D eigenvalue weighted by atomic mass is 10.1. The van der Waals surface area contributed by atoms with Crippen LogP contribution in [0.3, 0.4) is 0 Å². The highest BCUT2D eigenvalue weighted by molar-refractivity contribution is 5.27. The van der Waals surface area contributed by atoms with Crippen molar-refractivity contribution in [1.82, 2.24) is 15.1 Å². The Labute approximate surface area is 124 Å². The van der Waals surface area contributed by atoms with Crippen molar-refractivity contribution in [3.05, 3.63) is 35.4 Å². The molecule has 3 nitrogen and oxygen atoms in total. The van der Waals surface area contributed by atoms with Gasteiger partial charge in [-0.2, -0.15) is 0 Å². The van der Waals surface area contributed by atoms with Crippen LogP contribution >= 0.6 is 0 Å². The lowest BCUT2D eigenvalue weighted by Crippen LogP contribution is -2.37. The van der Waals surface area contributed by atoms with E-state index in [2.05, 4.69) is 53.2 Å². The standard InChI is InChI=1S/C17H29N3/c1-4-20(5-2)17-10-11-19(14-17)13-16-9-7-6-8-15(16)12-18-3/h6-9,17-18H,4-5,10-14H2,1-3H3. The monoisotopic (exact) mass is 275 g/mol. The van der Waals surface area contributed by atoms with E-state index in [-0.39, 0.29) is 0 Å². The summed E-state index contributed by atoms with van der Waals surface area (Å²) in [6.45, 7) is 11.4. The Morgan fingerprint density at radius 1 is 1.20 bits per heavy atom. The second-order valence-electron chi connectivity index (χ2n) is 5.70. The largest absolute Gasteiger partial charge is 0.316 e. The fourth-order valence-electron chi connectivity index (χ4n) is 3.31. The third kappa shape index (κ3) is 3.81. The van der Waals surface area contributed by atoms with Gasteiger partial charge in [-0.05, 0) is 37.7 Å². The molecule has 20 heavy (non-hydrogen) atoms. The molecule has 1 aromatic rings. The predicted octanol–water partition coefficient (Wildman–Crippen LogP) is 2.32. The zero-order chi connectivity index (χ0) is 14.4. The van der Waals surface area contributed by atoms with Gasteiger partial charge in [-0.25, -0.2) is 0 Å². The molecule has 1 atom stereocenters. The second kappa shape index (κ2) is 7.77. The van der Waals surface area contributed by atoms with Crippen molar-refractivity contribution in [1.29, 1.82) is 0 Å². The van der Waals surface area contributed by atoms with E-state index in [1.807, 2.05) is 7.05 Å². The van der Waals surface area contributed by atoms with Gasteiger partial charge in [0.25, 0.3) is 0 Å². The molecule has 0 bridgehead atoms. The Morgan fingerprint density at radius 2 is 1.90 bits per heavy atom. The van der Waals surface area contributed by atoms with E-state index >= 15 is 0 Å². The number of rotatable bonds is 7. The molecule has 0 spiro atoms. The zero-order valence-electron chi connectivity index (χ0n) is 13.2. The van der Waals surface area contributed by atoms with Crippen molar-refractivity contribution in [2.75, 3.05) is 33.2 Å². The van der Waals surface area contributed by atoms with Gasteiger partial charge in [0, 0.05) is 32.2 Å². The van der Waals surface area contributed by atoms with E-state index in [0.29, 0.717) is 0 Å². The SMILES string of the molecule is CCN(CC)C1CCN(Cc2ccccc2CNC)C1. The molecule has 0 radical (unpaired) electrons. The van der Waals surface area contributed by atoms with Crippen LogP contribution < -0.4 is 5.32 Å². The van der Waals surface area contributed by atoms with Crippen LogP contribution in [0.15, 0.2) is 24.3 Å². The van der Waals surface area contributed by atoms with Crippen LogP contribution in [0.4, 0.5) is 0 Å². The van der Waals surface area contributed by atoms with E-state index in [1.165, 1.54) is 43.7 Å². The summed E-state index contributed by atoms with van der Waals surface area (Å²) in [6, 6.07) is 9.56. The molecule has 1 N–H and O–H groups in total. The summed E-state index contributed by atoms with van der Waals surface area (Å²) in [7, 11) is 2.02. The molecule has 0 saturated carbocycles. The number of nitrogens with one attached hydrogen (secondary N) is 1. The van der Waals surface area contributed by atoms with Gasteiger partial charge in [0.15, 0.2) is 0 Å². The summed E-state index contributed by atoms with van der Waals surface area (Å²) < 4.78 is 0. The number of nitrogens with zero attached hydrogens (tertiary/aromatic N) is 2. The quantitative estimate of drug-likeness (QED) is 0.824. The van der Waals surface area contributed by atoms with Crippen LogP contribution in [-0.2, 0) is 13.1 Å². The molecule has 3 heteroatoms. The molecule has 1 aromatic carbocycles. The van der Waals surface area contributed by atoms with Gasteiger partial charge < -0.3 is 5.32 Å². The van der Waals surface area contributed by atoms with Gasteiger partial charge >= 0.3 is 0 Å². The van der Waals surface area contributed by atoms with E-state index in [1.54, 1.807) is 0 Å². The van der Waals surface area contributed by atoms with Gasteiger partial charge in [0.1, 0.15) is 0 Å². The Balaban J connectivity index is 1.95. The average Bonchev–Trinajstić information content (AvgIpc) is 2.91. The van der Waals surface area contributed by atoms with Gasteiger partial charge in [-0.15, -0.1) is 0 Å². The summed E-state index contributed by atoms with van der Waals surface area (Å²) in [5.41, 5.74) is 2.91. The molecule has 1 aliphatic heterocycles. The fourth-order valence-corrected chi connectivity index (χ4v) is 3.31. The fraction of sp³-hybridized carbons (Fsp3) is 0.647. The Hall–Kier alpha value is -0.900. The summed E-state index contributed by atoms with van der Waals surface area (Å²) in [6.07, 6.45) is 1.32. The molecule has 2 rings (SSSR count). The number of likely N-dealkylation sites (tertiary alicyclic amines) is 1. The zero-order valence-corrected chi connectivity index (χ0v) is 13.2. The van der Waals surface area contributed by atoms with E-state index in [0.717, 1.165) is 19.1 Å². The Kier molecular flexibility index (Phi) is 6.02. The minimum atomic E-state index is 0.751. The maximum atomic E-state index is 3.27. The predicted molar refractivity (Wildman–Crippen MR) is 85.8 cm³/mol. The lowest BCUT2D eigenvalue weighted by Gasteiger charge is -2.26. The van der Waals surface area contributed by atoms with E-state index < -0.39 is 0 Å². The normalized spacial score (nSPS) is 19.9. The topological polar surface area (TPSA) is 18.5 Å². The molecule has 1 saturated heterocycles. The third-order valence-corrected chi connectivity index (χ3v) is 4.46.